The van der Waals surface area contributed by atoms with Crippen molar-refractivity contribution in [2.75, 3.05) is 19.5 Å². The summed E-state index contributed by atoms with van der Waals surface area (Å²) in [6.07, 6.45) is 18.3. The molecule has 0 radical (unpaired) electrons. The summed E-state index contributed by atoms with van der Waals surface area (Å²) in [5, 5.41) is 16.4. The molecule has 2 aromatic rings. The van der Waals surface area contributed by atoms with Gasteiger partial charge in [-0.1, -0.05) is 53.8 Å². The summed E-state index contributed by atoms with van der Waals surface area (Å²) in [7, 11) is 3.20. The SMILES string of the molecule is COC1C=CC(/C=C/C(=O)Nc2ccccc2C(=O)NCc2cn(CC(=O)NC3C=CC=CC3)nn2)=CC1OC. The summed E-state index contributed by atoms with van der Waals surface area (Å²) in [5.41, 5.74) is 1.95. The molecule has 0 fully saturated rings. The molecule has 11 nitrogen and oxygen atoms in total. The van der Waals surface area contributed by atoms with Gasteiger partial charge in [0.2, 0.25) is 11.8 Å². The third-order valence-electron chi connectivity index (χ3n) is 6.21. The fraction of sp³-hybridized carbons (Fsp3) is 0.276. The van der Waals surface area contributed by atoms with E-state index in [1.54, 1.807) is 50.8 Å². The zero-order chi connectivity index (χ0) is 28.3. The molecule has 0 bridgehead atoms. The number of carbonyl (C=O) groups excluding carboxylic acids is 3. The third kappa shape index (κ3) is 7.95. The maximum absolute atomic E-state index is 12.9. The van der Waals surface area contributed by atoms with Gasteiger partial charge in [-0.05, 0) is 36.3 Å². The number of aromatic nitrogens is 3. The smallest absolute Gasteiger partial charge is 0.253 e. The first-order valence-electron chi connectivity index (χ1n) is 12.8. The number of allylic oxidation sites excluding steroid dienone is 5. The van der Waals surface area contributed by atoms with E-state index in [-0.39, 0.29) is 37.2 Å². The summed E-state index contributed by atoms with van der Waals surface area (Å²) in [5.74, 6) is -0.966. The molecule has 40 heavy (non-hydrogen) atoms. The van der Waals surface area contributed by atoms with Crippen LogP contribution in [0.25, 0.3) is 0 Å². The number of nitrogens with one attached hydrogen (secondary N) is 3. The minimum absolute atomic E-state index is 0.0170. The lowest BCUT2D eigenvalue weighted by molar-refractivity contribution is -0.122. The molecule has 0 aliphatic heterocycles. The van der Waals surface area contributed by atoms with Crippen molar-refractivity contribution >= 4 is 23.4 Å². The van der Waals surface area contributed by atoms with E-state index in [1.807, 2.05) is 42.5 Å². The first-order chi connectivity index (χ1) is 19.4. The molecule has 1 aromatic heterocycles. The maximum atomic E-state index is 12.9. The fourth-order valence-corrected chi connectivity index (χ4v) is 4.17. The summed E-state index contributed by atoms with van der Waals surface area (Å²) in [4.78, 5) is 37.8. The maximum Gasteiger partial charge on any atom is 0.253 e. The van der Waals surface area contributed by atoms with E-state index in [4.69, 9.17) is 9.47 Å². The van der Waals surface area contributed by atoms with Crippen LogP contribution in [0.5, 0.6) is 0 Å². The fourth-order valence-electron chi connectivity index (χ4n) is 4.17. The van der Waals surface area contributed by atoms with Gasteiger partial charge in [-0.3, -0.25) is 14.4 Å². The average Bonchev–Trinajstić information content (AvgIpc) is 3.42. The zero-order valence-corrected chi connectivity index (χ0v) is 22.3. The average molecular weight is 545 g/mol. The minimum atomic E-state index is -0.393. The van der Waals surface area contributed by atoms with E-state index in [0.717, 1.165) is 12.0 Å². The lowest BCUT2D eigenvalue weighted by atomic mass is 10.0. The van der Waals surface area contributed by atoms with Gasteiger partial charge >= 0.3 is 0 Å². The highest BCUT2D eigenvalue weighted by Crippen LogP contribution is 2.18. The number of hydrogen-bond donors (Lipinski definition) is 3. The van der Waals surface area contributed by atoms with E-state index < -0.39 is 11.8 Å². The van der Waals surface area contributed by atoms with Crippen molar-refractivity contribution in [2.24, 2.45) is 0 Å². The quantitative estimate of drug-likeness (QED) is 0.369. The van der Waals surface area contributed by atoms with Crippen LogP contribution in [0.4, 0.5) is 5.69 Å². The highest BCUT2D eigenvalue weighted by Gasteiger charge is 2.19. The second-order valence-electron chi connectivity index (χ2n) is 9.11. The first-order valence-corrected chi connectivity index (χ1v) is 12.8. The molecule has 1 heterocycles. The third-order valence-corrected chi connectivity index (χ3v) is 6.21. The van der Waals surface area contributed by atoms with Gasteiger partial charge in [0.25, 0.3) is 5.91 Å². The van der Waals surface area contributed by atoms with Crippen LogP contribution < -0.4 is 16.0 Å². The van der Waals surface area contributed by atoms with Gasteiger partial charge in [-0.25, -0.2) is 4.68 Å². The summed E-state index contributed by atoms with van der Waals surface area (Å²) in [6, 6.07) is 6.67. The van der Waals surface area contributed by atoms with Crippen molar-refractivity contribution < 1.29 is 23.9 Å². The molecule has 3 amide bonds. The molecule has 2 aliphatic rings. The number of nitrogens with zero attached hydrogens (tertiary/aromatic N) is 3. The Hall–Kier alpha value is -4.61. The Kier molecular flexibility index (Phi) is 9.92. The van der Waals surface area contributed by atoms with Gasteiger partial charge in [0, 0.05) is 20.3 Å². The summed E-state index contributed by atoms with van der Waals surface area (Å²) in [6.45, 7) is 0.117. The normalized spacial score (nSPS) is 19.9. The van der Waals surface area contributed by atoms with Crippen LogP contribution in [0.3, 0.4) is 0 Å². The van der Waals surface area contributed by atoms with Gasteiger partial charge in [-0.2, -0.15) is 0 Å². The standard InChI is InChI=1S/C29H32N6O5/c1-39-25-14-12-20(16-26(25)40-2)13-15-27(36)32-24-11-7-6-10-23(24)29(38)30-17-22-18-35(34-33-22)19-28(37)31-21-8-4-3-5-9-21/h3-8,10-16,18,21,25-26H,9,17,19H2,1-2H3,(H,30,38)(H,31,37)(H,32,36)/b15-13+. The molecule has 11 heteroatoms. The Balaban J connectivity index is 1.29. The highest BCUT2D eigenvalue weighted by atomic mass is 16.5. The van der Waals surface area contributed by atoms with Crippen LogP contribution in [-0.4, -0.2) is 65.2 Å². The number of carbonyl (C=O) groups is 3. The number of benzene rings is 1. The topological polar surface area (TPSA) is 136 Å². The van der Waals surface area contributed by atoms with Gasteiger partial charge in [0.05, 0.1) is 30.0 Å². The number of methoxy groups -OCH3 is 2. The number of hydrogen-bond acceptors (Lipinski definition) is 7. The lowest BCUT2D eigenvalue weighted by Gasteiger charge is -2.22. The molecule has 0 saturated carbocycles. The van der Waals surface area contributed by atoms with E-state index in [0.29, 0.717) is 16.9 Å². The van der Waals surface area contributed by atoms with Gasteiger partial charge in [-0.15, -0.1) is 5.10 Å². The number of amides is 3. The number of para-hydroxylation sites is 1. The van der Waals surface area contributed by atoms with E-state index in [1.165, 1.54) is 10.8 Å². The van der Waals surface area contributed by atoms with E-state index in [9.17, 15) is 14.4 Å². The van der Waals surface area contributed by atoms with Crippen LogP contribution in [0, 0.1) is 0 Å². The van der Waals surface area contributed by atoms with Crippen LogP contribution in [0.15, 0.2) is 90.7 Å². The molecule has 3 unspecified atom stereocenters. The van der Waals surface area contributed by atoms with Crippen LogP contribution in [0.1, 0.15) is 22.5 Å². The first kappa shape index (κ1) is 28.4. The molecule has 3 atom stereocenters. The largest absolute Gasteiger partial charge is 0.374 e. The molecular formula is C29H32N6O5. The van der Waals surface area contributed by atoms with Crippen molar-refractivity contribution in [1.29, 1.82) is 0 Å². The van der Waals surface area contributed by atoms with E-state index >= 15 is 0 Å². The van der Waals surface area contributed by atoms with Crippen molar-refractivity contribution in [3.05, 3.63) is 102 Å². The lowest BCUT2D eigenvalue weighted by Crippen LogP contribution is -2.36. The molecule has 0 saturated heterocycles. The summed E-state index contributed by atoms with van der Waals surface area (Å²) < 4.78 is 12.2. The van der Waals surface area contributed by atoms with Crippen molar-refractivity contribution in [1.82, 2.24) is 25.6 Å². The number of anilines is 1. The van der Waals surface area contributed by atoms with Gasteiger partial charge < -0.3 is 25.4 Å². The van der Waals surface area contributed by atoms with Crippen LogP contribution in [0.2, 0.25) is 0 Å². The predicted octanol–water partition coefficient (Wildman–Crippen LogP) is 2.23. The predicted molar refractivity (Wildman–Crippen MR) is 149 cm³/mol. The number of ether oxygens (including phenoxy) is 2. The van der Waals surface area contributed by atoms with Crippen molar-refractivity contribution in [3.8, 4) is 0 Å². The Labute approximate surface area is 232 Å². The summed E-state index contributed by atoms with van der Waals surface area (Å²) >= 11 is 0. The van der Waals surface area contributed by atoms with Crippen molar-refractivity contribution in [2.45, 2.75) is 37.8 Å². The second kappa shape index (κ2) is 14.0. The molecule has 208 valence electrons. The molecule has 1 aromatic carbocycles. The Morgan fingerprint density at radius 3 is 2.70 bits per heavy atom. The highest BCUT2D eigenvalue weighted by molar-refractivity contribution is 6.06. The monoisotopic (exact) mass is 544 g/mol. The minimum Gasteiger partial charge on any atom is -0.374 e. The van der Waals surface area contributed by atoms with Gasteiger partial charge in [0.15, 0.2) is 0 Å². The Morgan fingerprint density at radius 1 is 1.10 bits per heavy atom. The molecule has 2 aliphatic carbocycles. The van der Waals surface area contributed by atoms with E-state index in [2.05, 4.69) is 26.3 Å². The molecular weight excluding hydrogens is 512 g/mol. The van der Waals surface area contributed by atoms with Crippen LogP contribution >= 0.6 is 0 Å². The van der Waals surface area contributed by atoms with Gasteiger partial charge in [0.1, 0.15) is 24.4 Å². The number of rotatable bonds is 11. The van der Waals surface area contributed by atoms with Crippen molar-refractivity contribution in [3.63, 3.8) is 0 Å². The second-order valence-corrected chi connectivity index (χ2v) is 9.11. The van der Waals surface area contributed by atoms with Crippen LogP contribution in [-0.2, 0) is 32.2 Å². The molecule has 3 N–H and O–H groups in total. The molecule has 0 spiro atoms. The Morgan fingerprint density at radius 2 is 1.93 bits per heavy atom. The Bertz CT molecular complexity index is 1370. The molecule has 4 rings (SSSR count). The zero-order valence-electron chi connectivity index (χ0n) is 22.3.